The van der Waals surface area contributed by atoms with E-state index >= 15 is 0 Å². The molecule has 0 amide bonds. The number of aromatic hydroxyl groups is 2. The number of hydrogen-bond donors (Lipinski definition) is 2. The average Bonchev–Trinajstić information content (AvgIpc) is 2.62. The minimum Gasteiger partial charge on any atom is -0.507 e. The van der Waals surface area contributed by atoms with E-state index in [4.69, 9.17) is 0 Å². The Bertz CT molecular complexity index is 765. The van der Waals surface area contributed by atoms with Gasteiger partial charge in [0.05, 0.1) is 6.17 Å². The van der Waals surface area contributed by atoms with Crippen LogP contribution in [0.2, 0.25) is 0 Å². The van der Waals surface area contributed by atoms with Crippen LogP contribution in [0.15, 0.2) is 24.3 Å². The van der Waals surface area contributed by atoms with E-state index in [9.17, 15) is 14.6 Å². The molecule has 0 heterocycles. The van der Waals surface area contributed by atoms with Crippen LogP contribution in [0.5, 0.6) is 11.5 Å². The van der Waals surface area contributed by atoms with E-state index in [-0.39, 0.29) is 11.5 Å². The molecule has 2 rings (SSSR count). The number of phenols is 2. The molecule has 1 atom stereocenters. The van der Waals surface area contributed by atoms with Crippen LogP contribution in [-0.2, 0) is 12.8 Å². The van der Waals surface area contributed by atoms with Crippen LogP contribution < -0.4 is 0 Å². The number of alkyl halides is 1. The summed E-state index contributed by atoms with van der Waals surface area (Å²) < 4.78 is 13.3. The second-order valence-electron chi connectivity index (χ2n) is 7.71. The molecule has 2 N–H and O–H groups in total. The molecular weight excluding hydrogens is 339 g/mol. The number of aryl methyl sites for hydroxylation is 3. The standard InChI is InChI=1S/C24H33FO2/c1-5-6-7-8-9-20-17(3)10-13-22(26)23(20)21-15-16(2)14-19(24(21)27)12-11-18(4)25/h10,13-15,18,26-27H,5-9,11-12H2,1-4H3. The van der Waals surface area contributed by atoms with Gasteiger partial charge in [-0.1, -0.05) is 38.3 Å². The van der Waals surface area contributed by atoms with Gasteiger partial charge in [0.2, 0.25) is 0 Å². The Morgan fingerprint density at radius 3 is 2.41 bits per heavy atom. The number of phenolic OH excluding ortho intramolecular Hbond substituents is 2. The number of halogens is 1. The first kappa shape index (κ1) is 21.3. The third-order valence-electron chi connectivity index (χ3n) is 5.22. The maximum Gasteiger partial charge on any atom is 0.126 e. The van der Waals surface area contributed by atoms with Gasteiger partial charge in [-0.15, -0.1) is 0 Å². The average molecular weight is 373 g/mol. The number of rotatable bonds is 9. The maximum absolute atomic E-state index is 13.3. The van der Waals surface area contributed by atoms with Crippen molar-refractivity contribution in [2.24, 2.45) is 0 Å². The van der Waals surface area contributed by atoms with E-state index in [1.807, 2.05) is 25.1 Å². The SMILES string of the molecule is CCCCCCc1c(C)ccc(O)c1-c1cc(C)cc(CCC(C)F)c1O. The van der Waals surface area contributed by atoms with Gasteiger partial charge in [0.15, 0.2) is 0 Å². The molecule has 0 aliphatic carbocycles. The van der Waals surface area contributed by atoms with Gasteiger partial charge in [-0.05, 0) is 80.8 Å². The van der Waals surface area contributed by atoms with Crippen molar-refractivity contribution in [2.75, 3.05) is 0 Å². The van der Waals surface area contributed by atoms with Gasteiger partial charge in [-0.25, -0.2) is 4.39 Å². The molecule has 0 saturated heterocycles. The van der Waals surface area contributed by atoms with Crippen molar-refractivity contribution in [3.8, 4) is 22.6 Å². The molecule has 2 nitrogen and oxygen atoms in total. The Hall–Kier alpha value is -2.03. The Balaban J connectivity index is 2.49. The smallest absolute Gasteiger partial charge is 0.126 e. The van der Waals surface area contributed by atoms with Gasteiger partial charge >= 0.3 is 0 Å². The van der Waals surface area contributed by atoms with E-state index in [1.165, 1.54) is 19.8 Å². The van der Waals surface area contributed by atoms with E-state index < -0.39 is 6.17 Å². The molecule has 0 aromatic heterocycles. The number of benzene rings is 2. The van der Waals surface area contributed by atoms with E-state index in [1.54, 1.807) is 6.07 Å². The molecule has 27 heavy (non-hydrogen) atoms. The Morgan fingerprint density at radius 1 is 1.00 bits per heavy atom. The molecule has 148 valence electrons. The van der Waals surface area contributed by atoms with Crippen molar-refractivity contribution in [3.05, 3.63) is 46.5 Å². The van der Waals surface area contributed by atoms with Crippen LogP contribution in [0.1, 0.15) is 68.2 Å². The molecule has 0 spiro atoms. The second-order valence-corrected chi connectivity index (χ2v) is 7.71. The molecule has 2 aromatic carbocycles. The van der Waals surface area contributed by atoms with Crippen molar-refractivity contribution in [3.63, 3.8) is 0 Å². The summed E-state index contributed by atoms with van der Waals surface area (Å²) in [6.45, 7) is 7.75. The maximum atomic E-state index is 13.3. The zero-order chi connectivity index (χ0) is 20.0. The predicted octanol–water partition coefficient (Wildman–Crippen LogP) is 6.80. The molecule has 1 unspecified atom stereocenters. The highest BCUT2D eigenvalue weighted by Gasteiger charge is 2.19. The summed E-state index contributed by atoms with van der Waals surface area (Å²) in [5.74, 6) is 0.355. The summed E-state index contributed by atoms with van der Waals surface area (Å²) in [7, 11) is 0. The Kier molecular flexibility index (Phi) is 7.70. The van der Waals surface area contributed by atoms with Gasteiger partial charge in [-0.3, -0.25) is 0 Å². The van der Waals surface area contributed by atoms with Crippen LogP contribution in [0, 0.1) is 13.8 Å². The number of hydrogen-bond acceptors (Lipinski definition) is 2. The molecular formula is C24H33FO2. The fourth-order valence-corrected chi connectivity index (χ4v) is 3.68. The van der Waals surface area contributed by atoms with Gasteiger partial charge in [-0.2, -0.15) is 0 Å². The van der Waals surface area contributed by atoms with E-state index in [0.717, 1.165) is 47.1 Å². The van der Waals surface area contributed by atoms with Crippen molar-refractivity contribution in [2.45, 2.75) is 78.8 Å². The summed E-state index contributed by atoms with van der Waals surface area (Å²) >= 11 is 0. The third kappa shape index (κ3) is 5.47. The fourth-order valence-electron chi connectivity index (χ4n) is 3.68. The minimum absolute atomic E-state index is 0.164. The Labute approximate surface area is 163 Å². The summed E-state index contributed by atoms with van der Waals surface area (Å²) in [5.41, 5.74) is 5.34. The molecule has 0 aliphatic rings. The first-order chi connectivity index (χ1) is 12.8. The summed E-state index contributed by atoms with van der Waals surface area (Å²) in [6.07, 6.45) is 5.43. The highest BCUT2D eigenvalue weighted by atomic mass is 19.1. The highest BCUT2D eigenvalue weighted by molar-refractivity contribution is 5.81. The predicted molar refractivity (Wildman–Crippen MR) is 111 cm³/mol. The van der Waals surface area contributed by atoms with Gasteiger partial charge in [0, 0.05) is 11.1 Å². The molecule has 0 radical (unpaired) electrons. The minimum atomic E-state index is -0.908. The molecule has 2 aromatic rings. The van der Waals surface area contributed by atoms with E-state index in [2.05, 4.69) is 13.8 Å². The molecule has 0 bridgehead atoms. The van der Waals surface area contributed by atoms with Gasteiger partial charge in [0.1, 0.15) is 11.5 Å². The zero-order valence-corrected chi connectivity index (χ0v) is 17.1. The van der Waals surface area contributed by atoms with Crippen LogP contribution in [0.25, 0.3) is 11.1 Å². The lowest BCUT2D eigenvalue weighted by Crippen LogP contribution is -2.00. The topological polar surface area (TPSA) is 40.5 Å². The van der Waals surface area contributed by atoms with Crippen LogP contribution in [0.4, 0.5) is 4.39 Å². The first-order valence-corrected chi connectivity index (χ1v) is 10.1. The lowest BCUT2D eigenvalue weighted by Gasteiger charge is -2.18. The van der Waals surface area contributed by atoms with E-state index in [0.29, 0.717) is 18.4 Å². The van der Waals surface area contributed by atoms with Crippen LogP contribution in [0.3, 0.4) is 0 Å². The van der Waals surface area contributed by atoms with Crippen LogP contribution >= 0.6 is 0 Å². The number of unbranched alkanes of at least 4 members (excludes halogenated alkanes) is 3. The first-order valence-electron chi connectivity index (χ1n) is 10.1. The van der Waals surface area contributed by atoms with Gasteiger partial charge < -0.3 is 10.2 Å². The van der Waals surface area contributed by atoms with Crippen molar-refractivity contribution in [1.82, 2.24) is 0 Å². The normalized spacial score (nSPS) is 12.3. The second kappa shape index (κ2) is 9.77. The van der Waals surface area contributed by atoms with Gasteiger partial charge in [0.25, 0.3) is 0 Å². The summed E-state index contributed by atoms with van der Waals surface area (Å²) in [5, 5.41) is 21.5. The Morgan fingerprint density at radius 2 is 1.74 bits per heavy atom. The molecule has 3 heteroatoms. The summed E-state index contributed by atoms with van der Waals surface area (Å²) in [6, 6.07) is 7.47. The van der Waals surface area contributed by atoms with Crippen LogP contribution in [-0.4, -0.2) is 16.4 Å². The largest absolute Gasteiger partial charge is 0.507 e. The molecule has 0 saturated carbocycles. The van der Waals surface area contributed by atoms with Crippen molar-refractivity contribution < 1.29 is 14.6 Å². The quantitative estimate of drug-likeness (QED) is 0.475. The third-order valence-corrected chi connectivity index (χ3v) is 5.22. The molecule has 0 fully saturated rings. The zero-order valence-electron chi connectivity index (χ0n) is 17.1. The summed E-state index contributed by atoms with van der Waals surface area (Å²) in [4.78, 5) is 0. The lowest BCUT2D eigenvalue weighted by atomic mass is 9.88. The highest BCUT2D eigenvalue weighted by Crippen LogP contribution is 2.42. The lowest BCUT2D eigenvalue weighted by molar-refractivity contribution is 0.340. The fraction of sp³-hybridized carbons (Fsp3) is 0.500. The monoisotopic (exact) mass is 372 g/mol. The van der Waals surface area contributed by atoms with Crippen molar-refractivity contribution >= 4 is 0 Å². The molecule has 0 aliphatic heterocycles. The van der Waals surface area contributed by atoms with Crippen molar-refractivity contribution in [1.29, 1.82) is 0 Å².